The lowest BCUT2D eigenvalue weighted by atomic mass is 10.0. The van der Waals surface area contributed by atoms with Crippen molar-refractivity contribution in [1.82, 2.24) is 0 Å². The van der Waals surface area contributed by atoms with Gasteiger partial charge in [0.15, 0.2) is 0 Å². The van der Waals surface area contributed by atoms with Crippen LogP contribution in [0.4, 0.5) is 0 Å². The molecule has 0 radical (unpaired) electrons. The van der Waals surface area contributed by atoms with E-state index in [-0.39, 0.29) is 5.60 Å². The van der Waals surface area contributed by atoms with Gasteiger partial charge in [0.1, 0.15) is 5.75 Å². The van der Waals surface area contributed by atoms with E-state index >= 15 is 0 Å². The SMILES string of the molecule is COc1ccc(CCC2(C)CO2)cc1. The Labute approximate surface area is 84.8 Å². The third kappa shape index (κ3) is 2.26. The summed E-state index contributed by atoms with van der Waals surface area (Å²) in [7, 11) is 1.69. The van der Waals surface area contributed by atoms with Crippen LogP contribution in [0.2, 0.25) is 0 Å². The molecule has 0 N–H and O–H groups in total. The van der Waals surface area contributed by atoms with Crippen LogP contribution in [0.5, 0.6) is 5.75 Å². The van der Waals surface area contributed by atoms with Gasteiger partial charge in [0.25, 0.3) is 0 Å². The number of aryl methyl sites for hydroxylation is 1. The van der Waals surface area contributed by atoms with E-state index in [2.05, 4.69) is 19.1 Å². The van der Waals surface area contributed by atoms with E-state index in [1.54, 1.807) is 7.11 Å². The smallest absolute Gasteiger partial charge is 0.118 e. The second-order valence-electron chi connectivity index (χ2n) is 4.09. The highest BCUT2D eigenvalue weighted by Crippen LogP contribution is 2.31. The minimum atomic E-state index is 0.167. The molecule has 2 nitrogen and oxygen atoms in total. The fourth-order valence-corrected chi connectivity index (χ4v) is 1.47. The Kier molecular flexibility index (Phi) is 2.46. The Morgan fingerprint density at radius 2 is 2.00 bits per heavy atom. The van der Waals surface area contributed by atoms with Crippen molar-refractivity contribution in [1.29, 1.82) is 0 Å². The van der Waals surface area contributed by atoms with Gasteiger partial charge in [-0.3, -0.25) is 0 Å². The van der Waals surface area contributed by atoms with Gasteiger partial charge in [-0.2, -0.15) is 0 Å². The van der Waals surface area contributed by atoms with Crippen LogP contribution in [0, 0.1) is 0 Å². The molecule has 1 heterocycles. The average molecular weight is 192 g/mol. The van der Waals surface area contributed by atoms with Crippen molar-refractivity contribution >= 4 is 0 Å². The van der Waals surface area contributed by atoms with E-state index < -0.39 is 0 Å². The molecule has 76 valence electrons. The summed E-state index contributed by atoms with van der Waals surface area (Å²) >= 11 is 0. The Morgan fingerprint density at radius 3 is 2.50 bits per heavy atom. The first kappa shape index (κ1) is 9.53. The number of methoxy groups -OCH3 is 1. The van der Waals surface area contributed by atoms with Gasteiger partial charge in [0.2, 0.25) is 0 Å². The number of benzene rings is 1. The predicted molar refractivity (Wildman–Crippen MR) is 55.7 cm³/mol. The summed E-state index contributed by atoms with van der Waals surface area (Å²) in [6.45, 7) is 3.08. The summed E-state index contributed by atoms with van der Waals surface area (Å²) in [6, 6.07) is 8.24. The van der Waals surface area contributed by atoms with Crippen molar-refractivity contribution < 1.29 is 9.47 Å². The van der Waals surface area contributed by atoms with Gasteiger partial charge in [0, 0.05) is 0 Å². The monoisotopic (exact) mass is 192 g/mol. The van der Waals surface area contributed by atoms with Crippen molar-refractivity contribution in [3.63, 3.8) is 0 Å². The molecular formula is C12H16O2. The molecule has 1 atom stereocenters. The second-order valence-corrected chi connectivity index (χ2v) is 4.09. The lowest BCUT2D eigenvalue weighted by molar-refractivity contribution is 0.309. The molecular weight excluding hydrogens is 176 g/mol. The first-order valence-electron chi connectivity index (χ1n) is 4.99. The van der Waals surface area contributed by atoms with E-state index in [9.17, 15) is 0 Å². The number of hydrogen-bond acceptors (Lipinski definition) is 2. The summed E-state index contributed by atoms with van der Waals surface area (Å²) in [5, 5.41) is 0. The maximum absolute atomic E-state index is 5.34. The van der Waals surface area contributed by atoms with E-state index in [4.69, 9.17) is 9.47 Å². The van der Waals surface area contributed by atoms with Crippen molar-refractivity contribution in [3.8, 4) is 5.75 Å². The van der Waals surface area contributed by atoms with Crippen LogP contribution in [-0.2, 0) is 11.2 Å². The third-order valence-corrected chi connectivity index (χ3v) is 2.74. The molecule has 1 aliphatic heterocycles. The van der Waals surface area contributed by atoms with Crippen molar-refractivity contribution in [3.05, 3.63) is 29.8 Å². The molecule has 2 rings (SSSR count). The first-order chi connectivity index (χ1) is 6.72. The van der Waals surface area contributed by atoms with Gasteiger partial charge in [-0.15, -0.1) is 0 Å². The minimum Gasteiger partial charge on any atom is -0.497 e. The summed E-state index contributed by atoms with van der Waals surface area (Å²) in [5.74, 6) is 0.919. The summed E-state index contributed by atoms with van der Waals surface area (Å²) in [6.07, 6.45) is 2.19. The summed E-state index contributed by atoms with van der Waals surface area (Å²) < 4.78 is 10.4. The maximum atomic E-state index is 5.34. The van der Waals surface area contributed by atoms with Crippen molar-refractivity contribution in [2.75, 3.05) is 13.7 Å². The average Bonchev–Trinajstić information content (AvgIpc) is 2.95. The van der Waals surface area contributed by atoms with Gasteiger partial charge in [0.05, 0.1) is 19.3 Å². The summed E-state index contributed by atoms with van der Waals surface area (Å²) in [4.78, 5) is 0. The number of hydrogen-bond donors (Lipinski definition) is 0. The second kappa shape index (κ2) is 3.62. The third-order valence-electron chi connectivity index (χ3n) is 2.74. The molecule has 1 saturated heterocycles. The molecule has 14 heavy (non-hydrogen) atoms. The molecule has 1 aromatic carbocycles. The Morgan fingerprint density at radius 1 is 1.36 bits per heavy atom. The Hall–Kier alpha value is -1.02. The highest BCUT2D eigenvalue weighted by Gasteiger charge is 2.38. The van der Waals surface area contributed by atoms with Crippen LogP contribution in [0.1, 0.15) is 18.9 Å². The normalized spacial score (nSPS) is 24.7. The molecule has 0 spiro atoms. The van der Waals surface area contributed by atoms with E-state index in [1.807, 2.05) is 12.1 Å². The Balaban J connectivity index is 1.89. The zero-order chi connectivity index (χ0) is 10.0. The maximum Gasteiger partial charge on any atom is 0.118 e. The topological polar surface area (TPSA) is 21.8 Å². The molecule has 0 bridgehead atoms. The van der Waals surface area contributed by atoms with Gasteiger partial charge < -0.3 is 9.47 Å². The van der Waals surface area contributed by atoms with Crippen molar-refractivity contribution in [2.24, 2.45) is 0 Å². The largest absolute Gasteiger partial charge is 0.497 e. The molecule has 1 fully saturated rings. The number of epoxide rings is 1. The zero-order valence-corrected chi connectivity index (χ0v) is 8.75. The van der Waals surface area contributed by atoms with E-state index in [1.165, 1.54) is 5.56 Å². The van der Waals surface area contributed by atoms with Crippen LogP contribution < -0.4 is 4.74 Å². The van der Waals surface area contributed by atoms with Gasteiger partial charge in [-0.05, 0) is 37.5 Å². The standard InChI is InChI=1S/C12H16O2/c1-12(9-14-12)8-7-10-3-5-11(13-2)6-4-10/h3-6H,7-9H2,1-2H3. The number of rotatable bonds is 4. The van der Waals surface area contributed by atoms with Crippen LogP contribution in [0.15, 0.2) is 24.3 Å². The summed E-state index contributed by atoms with van der Waals surface area (Å²) in [5.41, 5.74) is 1.52. The molecule has 0 amide bonds. The first-order valence-corrected chi connectivity index (χ1v) is 4.99. The number of ether oxygens (including phenoxy) is 2. The fourth-order valence-electron chi connectivity index (χ4n) is 1.47. The van der Waals surface area contributed by atoms with Gasteiger partial charge >= 0.3 is 0 Å². The van der Waals surface area contributed by atoms with Crippen LogP contribution >= 0.6 is 0 Å². The molecule has 1 aliphatic rings. The molecule has 0 saturated carbocycles. The van der Waals surface area contributed by atoms with Crippen LogP contribution in [-0.4, -0.2) is 19.3 Å². The lowest BCUT2D eigenvalue weighted by Gasteiger charge is -2.05. The van der Waals surface area contributed by atoms with E-state index in [0.717, 1.165) is 25.2 Å². The van der Waals surface area contributed by atoms with Crippen LogP contribution in [0.3, 0.4) is 0 Å². The van der Waals surface area contributed by atoms with E-state index in [0.29, 0.717) is 0 Å². The quantitative estimate of drug-likeness (QED) is 0.683. The predicted octanol–water partition coefficient (Wildman–Crippen LogP) is 2.42. The zero-order valence-electron chi connectivity index (χ0n) is 8.75. The Bertz CT molecular complexity index is 299. The minimum absolute atomic E-state index is 0.167. The van der Waals surface area contributed by atoms with Gasteiger partial charge in [-0.25, -0.2) is 0 Å². The van der Waals surface area contributed by atoms with Crippen molar-refractivity contribution in [2.45, 2.75) is 25.4 Å². The molecule has 1 aromatic rings. The lowest BCUT2D eigenvalue weighted by Crippen LogP contribution is -2.05. The molecule has 0 aliphatic carbocycles. The fraction of sp³-hybridized carbons (Fsp3) is 0.500. The van der Waals surface area contributed by atoms with Crippen LogP contribution in [0.25, 0.3) is 0 Å². The molecule has 0 aromatic heterocycles. The highest BCUT2D eigenvalue weighted by atomic mass is 16.6. The molecule has 2 heteroatoms. The molecule has 1 unspecified atom stereocenters. The highest BCUT2D eigenvalue weighted by molar-refractivity contribution is 5.27. The van der Waals surface area contributed by atoms with Gasteiger partial charge in [-0.1, -0.05) is 12.1 Å².